The zero-order valence-electron chi connectivity index (χ0n) is 10.4. The van der Waals surface area contributed by atoms with Crippen LogP contribution in [0.3, 0.4) is 0 Å². The second-order valence-corrected chi connectivity index (χ2v) is 4.31. The second-order valence-electron chi connectivity index (χ2n) is 4.31. The Morgan fingerprint density at radius 1 is 1.39 bits per heavy atom. The van der Waals surface area contributed by atoms with Crippen LogP contribution in [0.5, 0.6) is 0 Å². The Labute approximate surface area is 106 Å². The average molecular weight is 248 g/mol. The first-order valence-corrected chi connectivity index (χ1v) is 6.13. The number of nitrogens with zero attached hydrogens (tertiary/aromatic N) is 2. The fourth-order valence-corrected chi connectivity index (χ4v) is 2.05. The van der Waals surface area contributed by atoms with E-state index in [1.165, 1.54) is 12.1 Å². The average Bonchev–Trinajstić information content (AvgIpc) is 2.72. The van der Waals surface area contributed by atoms with E-state index in [4.69, 9.17) is 0 Å². The minimum absolute atomic E-state index is 0.00150. The van der Waals surface area contributed by atoms with Gasteiger partial charge in [-0.1, -0.05) is 25.5 Å². The first kappa shape index (κ1) is 12.8. The predicted molar refractivity (Wildman–Crippen MR) is 67.6 cm³/mol. The van der Waals surface area contributed by atoms with Crippen molar-refractivity contribution in [3.63, 3.8) is 0 Å². The molecule has 0 aliphatic heterocycles. The Morgan fingerprint density at radius 2 is 2.22 bits per heavy atom. The van der Waals surface area contributed by atoms with Gasteiger partial charge in [0.1, 0.15) is 5.82 Å². The molecule has 0 unspecified atom stereocenters. The Balaban J connectivity index is 2.25. The van der Waals surface area contributed by atoms with Crippen LogP contribution in [-0.2, 0) is 19.6 Å². The van der Waals surface area contributed by atoms with Gasteiger partial charge in [0.05, 0.1) is 19.3 Å². The van der Waals surface area contributed by atoms with E-state index >= 15 is 0 Å². The number of rotatable bonds is 5. The summed E-state index contributed by atoms with van der Waals surface area (Å²) in [4.78, 5) is 0. The van der Waals surface area contributed by atoms with Crippen LogP contribution in [0.4, 0.5) is 4.39 Å². The molecule has 2 aromatic rings. The summed E-state index contributed by atoms with van der Waals surface area (Å²) in [5.74, 6) is -0.237. The number of hydrogen-bond donors (Lipinski definition) is 1. The lowest BCUT2D eigenvalue weighted by atomic mass is 10.1. The first-order chi connectivity index (χ1) is 8.74. The van der Waals surface area contributed by atoms with Crippen molar-refractivity contribution < 1.29 is 9.50 Å². The van der Waals surface area contributed by atoms with E-state index in [1.54, 1.807) is 12.3 Å². The SMILES string of the molecule is CCCc1c(CO)cnn1Cc1cccc(F)c1. The summed E-state index contributed by atoms with van der Waals surface area (Å²) < 4.78 is 15.0. The highest BCUT2D eigenvalue weighted by atomic mass is 19.1. The number of benzene rings is 1. The molecular weight excluding hydrogens is 231 g/mol. The van der Waals surface area contributed by atoms with Gasteiger partial charge in [-0.05, 0) is 24.1 Å². The molecule has 0 aliphatic rings. The van der Waals surface area contributed by atoms with Crippen molar-refractivity contribution in [2.75, 3.05) is 0 Å². The monoisotopic (exact) mass is 248 g/mol. The van der Waals surface area contributed by atoms with Gasteiger partial charge >= 0.3 is 0 Å². The van der Waals surface area contributed by atoms with Crippen LogP contribution in [0, 0.1) is 5.82 Å². The molecule has 0 atom stereocenters. The third-order valence-corrected chi connectivity index (χ3v) is 2.91. The Bertz CT molecular complexity index is 522. The summed E-state index contributed by atoms with van der Waals surface area (Å²) >= 11 is 0. The van der Waals surface area contributed by atoms with Crippen LogP contribution in [-0.4, -0.2) is 14.9 Å². The number of aliphatic hydroxyl groups is 1. The van der Waals surface area contributed by atoms with Crippen molar-refractivity contribution in [2.45, 2.75) is 32.9 Å². The van der Waals surface area contributed by atoms with Crippen LogP contribution in [0.25, 0.3) is 0 Å². The van der Waals surface area contributed by atoms with Crippen molar-refractivity contribution in [2.24, 2.45) is 0 Å². The molecule has 0 amide bonds. The smallest absolute Gasteiger partial charge is 0.123 e. The molecule has 2 rings (SSSR count). The molecule has 96 valence electrons. The maximum atomic E-state index is 13.1. The minimum atomic E-state index is -0.237. The summed E-state index contributed by atoms with van der Waals surface area (Å²) in [5, 5.41) is 13.5. The topological polar surface area (TPSA) is 38.1 Å². The van der Waals surface area contributed by atoms with E-state index in [0.717, 1.165) is 29.7 Å². The number of halogens is 1. The normalized spacial score (nSPS) is 10.8. The number of aliphatic hydroxyl groups excluding tert-OH is 1. The standard InChI is InChI=1S/C14H17FN2O/c1-2-4-14-12(10-18)8-16-17(14)9-11-5-3-6-13(15)7-11/h3,5-8,18H,2,4,9-10H2,1H3. The van der Waals surface area contributed by atoms with Crippen LogP contribution < -0.4 is 0 Å². The molecule has 18 heavy (non-hydrogen) atoms. The maximum absolute atomic E-state index is 13.1. The fourth-order valence-electron chi connectivity index (χ4n) is 2.05. The first-order valence-electron chi connectivity index (χ1n) is 6.13. The van der Waals surface area contributed by atoms with Crippen molar-refractivity contribution in [3.8, 4) is 0 Å². The molecule has 0 fully saturated rings. The van der Waals surface area contributed by atoms with E-state index in [-0.39, 0.29) is 12.4 Å². The van der Waals surface area contributed by atoms with Crippen LogP contribution in [0.15, 0.2) is 30.5 Å². The van der Waals surface area contributed by atoms with Gasteiger partial charge < -0.3 is 5.11 Å². The predicted octanol–water partition coefficient (Wildman–Crippen LogP) is 2.52. The van der Waals surface area contributed by atoms with Crippen molar-refractivity contribution in [1.29, 1.82) is 0 Å². The quantitative estimate of drug-likeness (QED) is 0.883. The van der Waals surface area contributed by atoms with E-state index in [0.29, 0.717) is 6.54 Å². The van der Waals surface area contributed by atoms with Gasteiger partial charge in [0.2, 0.25) is 0 Å². The lowest BCUT2D eigenvalue weighted by Crippen LogP contribution is -2.07. The minimum Gasteiger partial charge on any atom is -0.392 e. The number of hydrogen-bond acceptors (Lipinski definition) is 2. The molecule has 1 aromatic carbocycles. The van der Waals surface area contributed by atoms with E-state index in [2.05, 4.69) is 12.0 Å². The van der Waals surface area contributed by atoms with Crippen molar-refractivity contribution >= 4 is 0 Å². The lowest BCUT2D eigenvalue weighted by Gasteiger charge is -2.08. The van der Waals surface area contributed by atoms with Crippen LogP contribution in [0.1, 0.15) is 30.2 Å². The molecule has 0 saturated heterocycles. The van der Waals surface area contributed by atoms with Gasteiger partial charge in [-0.15, -0.1) is 0 Å². The van der Waals surface area contributed by atoms with Crippen LogP contribution in [0.2, 0.25) is 0 Å². The highest BCUT2D eigenvalue weighted by Crippen LogP contribution is 2.14. The summed E-state index contributed by atoms with van der Waals surface area (Å²) in [6, 6.07) is 6.51. The third-order valence-electron chi connectivity index (χ3n) is 2.91. The molecule has 1 heterocycles. The largest absolute Gasteiger partial charge is 0.392 e. The molecule has 1 N–H and O–H groups in total. The summed E-state index contributed by atoms with van der Waals surface area (Å²) in [7, 11) is 0. The van der Waals surface area contributed by atoms with E-state index in [9.17, 15) is 9.50 Å². The van der Waals surface area contributed by atoms with Gasteiger partial charge in [-0.2, -0.15) is 5.10 Å². The van der Waals surface area contributed by atoms with Gasteiger partial charge in [0.15, 0.2) is 0 Å². The Morgan fingerprint density at radius 3 is 2.89 bits per heavy atom. The molecule has 3 nitrogen and oxygen atoms in total. The van der Waals surface area contributed by atoms with Gasteiger partial charge in [-0.25, -0.2) is 4.39 Å². The molecule has 0 radical (unpaired) electrons. The van der Waals surface area contributed by atoms with Gasteiger partial charge in [0.25, 0.3) is 0 Å². The van der Waals surface area contributed by atoms with Crippen molar-refractivity contribution in [1.82, 2.24) is 9.78 Å². The maximum Gasteiger partial charge on any atom is 0.123 e. The highest BCUT2D eigenvalue weighted by Gasteiger charge is 2.09. The van der Waals surface area contributed by atoms with Gasteiger partial charge in [-0.3, -0.25) is 4.68 Å². The zero-order chi connectivity index (χ0) is 13.0. The molecule has 0 saturated carbocycles. The van der Waals surface area contributed by atoms with E-state index in [1.807, 2.05) is 10.7 Å². The van der Waals surface area contributed by atoms with E-state index < -0.39 is 0 Å². The summed E-state index contributed by atoms with van der Waals surface area (Å²) in [5.41, 5.74) is 2.76. The molecule has 4 heteroatoms. The lowest BCUT2D eigenvalue weighted by molar-refractivity contribution is 0.280. The molecule has 0 bridgehead atoms. The Hall–Kier alpha value is -1.68. The van der Waals surface area contributed by atoms with Crippen molar-refractivity contribution in [3.05, 3.63) is 53.1 Å². The van der Waals surface area contributed by atoms with Crippen LogP contribution >= 0.6 is 0 Å². The fraction of sp³-hybridized carbons (Fsp3) is 0.357. The number of aromatic nitrogens is 2. The zero-order valence-corrected chi connectivity index (χ0v) is 10.4. The summed E-state index contributed by atoms with van der Waals surface area (Å²) in [6.07, 6.45) is 3.54. The molecule has 0 spiro atoms. The van der Waals surface area contributed by atoms with Gasteiger partial charge in [0, 0.05) is 11.3 Å². The molecule has 0 aliphatic carbocycles. The summed E-state index contributed by atoms with van der Waals surface area (Å²) in [6.45, 7) is 2.62. The Kier molecular flexibility index (Phi) is 4.10. The second kappa shape index (κ2) is 5.78. The highest BCUT2D eigenvalue weighted by molar-refractivity contribution is 5.21. The molecular formula is C14H17FN2O. The third kappa shape index (κ3) is 2.76. The molecule has 1 aromatic heterocycles.